The maximum atomic E-state index is 14.6. The number of carboxylic acids is 1. The summed E-state index contributed by atoms with van der Waals surface area (Å²) in [6.45, 7) is 17.9. The summed E-state index contributed by atoms with van der Waals surface area (Å²) in [6, 6.07) is 3.21. The average molecular weight is 1110 g/mol. The van der Waals surface area contributed by atoms with E-state index < -0.39 is 119 Å². The van der Waals surface area contributed by atoms with E-state index in [9.17, 15) is 44.4 Å². The lowest BCUT2D eigenvalue weighted by atomic mass is 9.74. The SMILES string of the molecule is CC[C@H]1OC(=O)[C@H](C)[C@@H](O[C@H]2C[C@@](C)(OC)[C@@H](OC(=O)CCNCCCc3cc4c5c(c3)c(=O)c(C(=O)O)cn5N(C)CO4)[C@H](C)O2)[C@H](C)[C@@H](O[C@@H]2O[C@H](C)C[C@H](N(C)C)[C@H]2O)[C@](C)(OC)C[C@@H](C)C(=O)[C@@H](C)[C@@H](O)[C@]1(C)O. The molecule has 0 saturated carbocycles. The Balaban J connectivity index is 1.19. The van der Waals surface area contributed by atoms with Gasteiger partial charge in [0.05, 0.1) is 53.8 Å². The molecular weight excluding hydrogens is 1020 g/mol. The molecule has 18 atom stereocenters. The highest BCUT2D eigenvalue weighted by Gasteiger charge is 2.55. The number of carbonyl (C=O) groups excluding carboxylic acids is 3. The molecular formula is C56H88N4O18. The number of hydrogen-bond donors (Lipinski definition) is 5. The number of nitrogens with zero attached hydrogens (tertiary/aromatic N) is 3. The minimum Gasteiger partial charge on any atom is -0.477 e. The lowest BCUT2D eigenvalue weighted by molar-refractivity contribution is -0.320. The molecule has 0 aliphatic carbocycles. The van der Waals surface area contributed by atoms with E-state index >= 15 is 0 Å². The molecule has 78 heavy (non-hydrogen) atoms. The van der Waals surface area contributed by atoms with Crippen molar-refractivity contribution in [2.75, 3.05) is 60.2 Å². The third kappa shape index (κ3) is 13.4. The fraction of sp³-hybridized carbons (Fsp3) is 0.768. The van der Waals surface area contributed by atoms with Gasteiger partial charge in [0.15, 0.2) is 25.4 Å². The number of ketones is 1. The van der Waals surface area contributed by atoms with Crippen molar-refractivity contribution in [3.05, 3.63) is 39.7 Å². The van der Waals surface area contributed by atoms with Crippen molar-refractivity contribution in [2.24, 2.45) is 23.7 Å². The van der Waals surface area contributed by atoms with Crippen LogP contribution < -0.4 is 20.5 Å². The molecule has 0 radical (unpaired) electrons. The number of carbonyl (C=O) groups is 4. The zero-order valence-corrected chi connectivity index (χ0v) is 48.3. The number of ether oxygens (including phenoxy) is 9. The van der Waals surface area contributed by atoms with E-state index in [1.54, 1.807) is 64.3 Å². The first-order chi connectivity index (χ1) is 36.5. The van der Waals surface area contributed by atoms with Crippen molar-refractivity contribution >= 4 is 34.6 Å². The number of carboxylic acid groups (broad SMARTS) is 1. The minimum absolute atomic E-state index is 0.0140. The molecule has 0 bridgehead atoms. The minimum atomic E-state index is -2.03. The molecule has 0 unspecified atom stereocenters. The fourth-order valence-electron chi connectivity index (χ4n) is 12.1. The number of aliphatic hydroxyl groups excluding tert-OH is 2. The smallest absolute Gasteiger partial charge is 0.341 e. The number of aryl methyl sites for hydroxylation is 1. The number of pyridine rings is 1. The number of nitrogens with one attached hydrogen (secondary N) is 1. The van der Waals surface area contributed by atoms with Gasteiger partial charge in [-0.25, -0.2) is 4.79 Å². The molecule has 3 saturated heterocycles. The lowest BCUT2D eigenvalue weighted by Gasteiger charge is -2.50. The van der Waals surface area contributed by atoms with Gasteiger partial charge in [0.2, 0.25) is 5.43 Å². The maximum absolute atomic E-state index is 14.6. The van der Waals surface area contributed by atoms with Crippen LogP contribution in [0.1, 0.15) is 124 Å². The molecule has 4 aliphatic rings. The van der Waals surface area contributed by atoms with Crippen LogP contribution in [0.15, 0.2) is 23.1 Å². The largest absolute Gasteiger partial charge is 0.477 e. The number of likely N-dealkylation sites (N-methyl/N-ethyl adjacent to an activating group) is 1. The summed E-state index contributed by atoms with van der Waals surface area (Å²) < 4.78 is 58.8. The Morgan fingerprint density at radius 3 is 2.21 bits per heavy atom. The summed E-state index contributed by atoms with van der Waals surface area (Å²) in [5, 5.41) is 50.2. The summed E-state index contributed by atoms with van der Waals surface area (Å²) in [7, 11) is 8.44. The van der Waals surface area contributed by atoms with E-state index in [2.05, 4.69) is 5.32 Å². The molecule has 0 spiro atoms. The molecule has 6 rings (SSSR count). The lowest BCUT2D eigenvalue weighted by Crippen LogP contribution is -2.61. The molecule has 2 aromatic rings. The Kier molecular flexibility index (Phi) is 20.7. The number of methoxy groups -OCH3 is 2. The first-order valence-corrected chi connectivity index (χ1v) is 27.4. The number of aliphatic hydroxyl groups is 3. The molecule has 3 fully saturated rings. The molecule has 5 heterocycles. The van der Waals surface area contributed by atoms with Crippen LogP contribution in [0, 0.1) is 23.7 Å². The Morgan fingerprint density at radius 1 is 0.910 bits per heavy atom. The summed E-state index contributed by atoms with van der Waals surface area (Å²) in [5.41, 5.74) is -4.16. The van der Waals surface area contributed by atoms with Gasteiger partial charge in [0.1, 0.15) is 46.0 Å². The zero-order chi connectivity index (χ0) is 57.9. The highest BCUT2D eigenvalue weighted by atomic mass is 16.7. The molecule has 1 aromatic carbocycles. The number of esters is 2. The van der Waals surface area contributed by atoms with E-state index in [1.165, 1.54) is 34.3 Å². The van der Waals surface area contributed by atoms with Gasteiger partial charge < -0.3 is 73.3 Å². The number of aromatic carboxylic acids is 1. The fourth-order valence-corrected chi connectivity index (χ4v) is 12.1. The van der Waals surface area contributed by atoms with E-state index in [-0.39, 0.29) is 67.8 Å². The van der Waals surface area contributed by atoms with Gasteiger partial charge >= 0.3 is 17.9 Å². The molecule has 0 amide bonds. The number of rotatable bonds is 17. The summed E-state index contributed by atoms with van der Waals surface area (Å²) in [5.74, 6) is -6.19. The van der Waals surface area contributed by atoms with Crippen LogP contribution in [0.25, 0.3) is 10.9 Å². The topological polar surface area (TPSA) is 273 Å². The number of aromatic nitrogens is 1. The predicted molar refractivity (Wildman–Crippen MR) is 286 cm³/mol. The van der Waals surface area contributed by atoms with Crippen molar-refractivity contribution in [2.45, 2.75) is 198 Å². The monoisotopic (exact) mass is 1100 g/mol. The third-order valence-electron chi connectivity index (χ3n) is 16.9. The molecule has 1 aromatic heterocycles. The van der Waals surface area contributed by atoms with Crippen molar-refractivity contribution in [3.63, 3.8) is 0 Å². The van der Waals surface area contributed by atoms with Crippen molar-refractivity contribution in [1.29, 1.82) is 0 Å². The maximum Gasteiger partial charge on any atom is 0.341 e. The van der Waals surface area contributed by atoms with Crippen molar-refractivity contribution < 1.29 is 82.2 Å². The number of Topliss-reactive ketones (excluding diaryl/α,β-unsaturated/α-hetero) is 1. The summed E-state index contributed by atoms with van der Waals surface area (Å²) in [4.78, 5) is 69.3. The second-order valence-electron chi connectivity index (χ2n) is 23.1. The first kappa shape index (κ1) is 62.9. The predicted octanol–water partition coefficient (Wildman–Crippen LogP) is 3.53. The third-order valence-corrected chi connectivity index (χ3v) is 16.9. The quantitative estimate of drug-likeness (QED) is 0.112. The number of hydrogen-bond acceptors (Lipinski definition) is 20. The average Bonchev–Trinajstić information content (AvgIpc) is 3.49. The van der Waals surface area contributed by atoms with Crippen molar-refractivity contribution in [1.82, 2.24) is 14.9 Å². The summed E-state index contributed by atoms with van der Waals surface area (Å²) >= 11 is 0. The highest BCUT2D eigenvalue weighted by molar-refractivity contribution is 5.95. The van der Waals surface area contributed by atoms with Gasteiger partial charge in [-0.1, -0.05) is 27.7 Å². The van der Waals surface area contributed by atoms with Crippen LogP contribution in [-0.4, -0.2) is 193 Å². The molecule has 4 aliphatic heterocycles. The first-order valence-electron chi connectivity index (χ1n) is 27.4. The van der Waals surface area contributed by atoms with Gasteiger partial charge in [0, 0.05) is 64.2 Å². The van der Waals surface area contributed by atoms with Gasteiger partial charge in [-0.05, 0) is 112 Å². The Hall–Kier alpha value is -4.33. The van der Waals surface area contributed by atoms with Crippen LogP contribution in [-0.2, 0) is 58.7 Å². The Bertz CT molecular complexity index is 2490. The molecule has 440 valence electrons. The Morgan fingerprint density at radius 2 is 1.58 bits per heavy atom. The number of benzene rings is 1. The van der Waals surface area contributed by atoms with Crippen LogP contribution in [0.2, 0.25) is 0 Å². The highest BCUT2D eigenvalue weighted by Crippen LogP contribution is 2.42. The van der Waals surface area contributed by atoms with E-state index in [0.717, 1.165) is 5.56 Å². The standard InChI is InChI=1S/C56H88N4O18/c1-16-40-56(10,69)48(65)31(4)44(62)29(2)25-54(8,70-14)49(78-53-46(64)38(58(11)12)22-30(3)73-53)32(5)47(33(6)52(68)75-40)77-42-26-55(9,71-15)50(34(7)74-42)76-41(61)19-21-57-20-17-18-35-23-36-43-39(24-35)72-28-59(13)60(43)27-37(45(36)63)51(66)67/h23-24,27,29-34,38,40,42,46-50,53,57,64-65,69H,16-22,25-26,28H2,1-15H3,(H,66,67)/t29-,30-,31-,32+,33-,34+,38+,40-,42+,46-,47+,48-,49-,50+,53+,54-,55-,56-/m1/s1. The van der Waals surface area contributed by atoms with E-state index in [4.69, 9.17) is 42.6 Å². The second-order valence-corrected chi connectivity index (χ2v) is 23.1. The molecule has 22 heteroatoms. The summed E-state index contributed by atoms with van der Waals surface area (Å²) in [6.07, 6.45) is -7.18. The molecule has 22 nitrogen and oxygen atoms in total. The van der Waals surface area contributed by atoms with E-state index in [1.807, 2.05) is 38.9 Å². The van der Waals surface area contributed by atoms with E-state index in [0.29, 0.717) is 37.1 Å². The zero-order valence-electron chi connectivity index (χ0n) is 48.3. The van der Waals surface area contributed by atoms with Crippen LogP contribution >= 0.6 is 0 Å². The van der Waals surface area contributed by atoms with Gasteiger partial charge in [0.25, 0.3) is 0 Å². The normalized spacial score (nSPS) is 37.2. The second kappa shape index (κ2) is 25.6. The van der Waals surface area contributed by atoms with Crippen LogP contribution in [0.3, 0.4) is 0 Å². The van der Waals surface area contributed by atoms with Gasteiger partial charge in [-0.3, -0.25) is 28.9 Å². The van der Waals surface area contributed by atoms with Crippen molar-refractivity contribution in [3.8, 4) is 5.75 Å². The number of cyclic esters (lactones) is 1. The van der Waals surface area contributed by atoms with Gasteiger partial charge in [-0.2, -0.15) is 0 Å². The van der Waals surface area contributed by atoms with Crippen LogP contribution in [0.4, 0.5) is 0 Å². The molecule has 5 N–H and O–H groups in total. The Labute approximate surface area is 458 Å². The van der Waals surface area contributed by atoms with Crippen LogP contribution in [0.5, 0.6) is 5.75 Å². The van der Waals surface area contributed by atoms with Gasteiger partial charge in [-0.15, -0.1) is 0 Å².